The molecular formula is C16H16BrClN2O. The lowest BCUT2D eigenvalue weighted by atomic mass is 10.1. The van der Waals surface area contributed by atoms with Crippen LogP contribution in [0.1, 0.15) is 23.7 Å². The first-order chi connectivity index (χ1) is 10.0. The Morgan fingerprint density at radius 2 is 2.00 bits per heavy atom. The van der Waals surface area contributed by atoms with Gasteiger partial charge in [-0.05, 0) is 36.8 Å². The maximum Gasteiger partial charge on any atom is 0.258 e. The quantitative estimate of drug-likeness (QED) is 0.793. The summed E-state index contributed by atoms with van der Waals surface area (Å²) in [5.74, 6) is -0.113. The molecule has 0 bridgehead atoms. The Hall–Kier alpha value is -1.52. The SMILES string of the molecule is CCCN(C(=O)c1cc(Cl)cc(Br)c1)c1ccccc1N. The van der Waals surface area contributed by atoms with Crippen molar-refractivity contribution in [1.29, 1.82) is 0 Å². The van der Waals surface area contributed by atoms with Gasteiger partial charge in [-0.25, -0.2) is 0 Å². The highest BCUT2D eigenvalue weighted by molar-refractivity contribution is 9.10. The number of anilines is 2. The van der Waals surface area contributed by atoms with Crippen LogP contribution in [0.2, 0.25) is 5.02 Å². The summed E-state index contributed by atoms with van der Waals surface area (Å²) < 4.78 is 0.774. The van der Waals surface area contributed by atoms with Crippen molar-refractivity contribution in [2.45, 2.75) is 13.3 Å². The van der Waals surface area contributed by atoms with Gasteiger partial charge in [-0.3, -0.25) is 4.79 Å². The van der Waals surface area contributed by atoms with Gasteiger partial charge in [0.25, 0.3) is 5.91 Å². The molecule has 2 aromatic carbocycles. The molecular weight excluding hydrogens is 352 g/mol. The number of para-hydroxylation sites is 2. The van der Waals surface area contributed by atoms with Crippen molar-refractivity contribution in [3.63, 3.8) is 0 Å². The van der Waals surface area contributed by atoms with Crippen LogP contribution < -0.4 is 10.6 Å². The average Bonchev–Trinajstić information content (AvgIpc) is 2.44. The molecule has 5 heteroatoms. The van der Waals surface area contributed by atoms with Crippen LogP contribution in [-0.4, -0.2) is 12.5 Å². The number of amides is 1. The molecule has 0 aliphatic rings. The lowest BCUT2D eigenvalue weighted by Crippen LogP contribution is -2.32. The summed E-state index contributed by atoms with van der Waals surface area (Å²) in [6.45, 7) is 2.62. The number of rotatable bonds is 4. The smallest absolute Gasteiger partial charge is 0.258 e. The number of nitrogen functional groups attached to an aromatic ring is 1. The van der Waals surface area contributed by atoms with Crippen LogP contribution in [0, 0.1) is 0 Å². The van der Waals surface area contributed by atoms with E-state index in [0.29, 0.717) is 22.8 Å². The fourth-order valence-corrected chi connectivity index (χ4v) is 2.98. The van der Waals surface area contributed by atoms with Gasteiger partial charge in [0.05, 0.1) is 11.4 Å². The second-order valence-corrected chi connectivity index (χ2v) is 6.03. The zero-order chi connectivity index (χ0) is 15.4. The molecule has 0 atom stereocenters. The van der Waals surface area contributed by atoms with Crippen LogP contribution in [0.4, 0.5) is 11.4 Å². The van der Waals surface area contributed by atoms with E-state index in [0.717, 1.165) is 16.6 Å². The fraction of sp³-hybridized carbons (Fsp3) is 0.188. The molecule has 0 spiro atoms. The Bertz CT molecular complexity index is 640. The van der Waals surface area contributed by atoms with E-state index in [2.05, 4.69) is 15.9 Å². The Balaban J connectivity index is 2.42. The minimum absolute atomic E-state index is 0.113. The molecule has 0 aromatic heterocycles. The molecule has 0 unspecified atom stereocenters. The Morgan fingerprint density at radius 1 is 1.29 bits per heavy atom. The van der Waals surface area contributed by atoms with E-state index in [1.54, 1.807) is 29.2 Å². The van der Waals surface area contributed by atoms with Gasteiger partial charge in [0.2, 0.25) is 0 Å². The van der Waals surface area contributed by atoms with Crippen molar-refractivity contribution in [2.24, 2.45) is 0 Å². The van der Waals surface area contributed by atoms with E-state index < -0.39 is 0 Å². The van der Waals surface area contributed by atoms with Crippen LogP contribution in [0.15, 0.2) is 46.9 Å². The van der Waals surface area contributed by atoms with Crippen LogP contribution >= 0.6 is 27.5 Å². The zero-order valence-corrected chi connectivity index (χ0v) is 14.0. The average molecular weight is 368 g/mol. The topological polar surface area (TPSA) is 46.3 Å². The summed E-state index contributed by atoms with van der Waals surface area (Å²) in [5.41, 5.74) is 7.84. The van der Waals surface area contributed by atoms with Crippen molar-refractivity contribution in [1.82, 2.24) is 0 Å². The highest BCUT2D eigenvalue weighted by Crippen LogP contribution is 2.26. The molecule has 1 amide bonds. The number of hydrogen-bond acceptors (Lipinski definition) is 2. The summed E-state index contributed by atoms with van der Waals surface area (Å²) in [6, 6.07) is 12.5. The van der Waals surface area contributed by atoms with E-state index in [9.17, 15) is 4.79 Å². The molecule has 0 aliphatic carbocycles. The second-order valence-electron chi connectivity index (χ2n) is 4.67. The maximum atomic E-state index is 12.8. The predicted molar refractivity (Wildman–Crippen MR) is 92.0 cm³/mol. The highest BCUT2D eigenvalue weighted by atomic mass is 79.9. The first-order valence-corrected chi connectivity index (χ1v) is 7.82. The van der Waals surface area contributed by atoms with Gasteiger partial charge >= 0.3 is 0 Å². The number of nitrogens with two attached hydrogens (primary N) is 1. The van der Waals surface area contributed by atoms with Gasteiger partial charge in [0.15, 0.2) is 0 Å². The monoisotopic (exact) mass is 366 g/mol. The van der Waals surface area contributed by atoms with Crippen molar-refractivity contribution in [3.8, 4) is 0 Å². The van der Waals surface area contributed by atoms with Crippen LogP contribution in [0.5, 0.6) is 0 Å². The van der Waals surface area contributed by atoms with Gasteiger partial charge < -0.3 is 10.6 Å². The minimum Gasteiger partial charge on any atom is -0.397 e. The summed E-state index contributed by atoms with van der Waals surface area (Å²) in [7, 11) is 0. The normalized spacial score (nSPS) is 10.4. The van der Waals surface area contributed by atoms with E-state index in [4.69, 9.17) is 17.3 Å². The summed E-state index contributed by atoms with van der Waals surface area (Å²) in [5, 5.41) is 0.519. The molecule has 0 heterocycles. The zero-order valence-electron chi connectivity index (χ0n) is 11.6. The minimum atomic E-state index is -0.113. The van der Waals surface area contributed by atoms with E-state index in [1.165, 1.54) is 0 Å². The lowest BCUT2D eigenvalue weighted by molar-refractivity contribution is 0.0987. The number of halogens is 2. The molecule has 0 saturated carbocycles. The third-order valence-electron chi connectivity index (χ3n) is 3.03. The predicted octanol–water partition coefficient (Wildman–Crippen LogP) is 4.74. The van der Waals surface area contributed by atoms with Crippen molar-refractivity contribution < 1.29 is 4.79 Å². The molecule has 2 aromatic rings. The number of nitrogens with zero attached hydrogens (tertiary/aromatic N) is 1. The van der Waals surface area contributed by atoms with Crippen molar-refractivity contribution in [3.05, 3.63) is 57.5 Å². The van der Waals surface area contributed by atoms with Crippen molar-refractivity contribution >= 4 is 44.8 Å². The fourth-order valence-electron chi connectivity index (χ4n) is 2.12. The molecule has 3 nitrogen and oxygen atoms in total. The Kier molecular flexibility index (Phi) is 5.26. The van der Waals surface area contributed by atoms with E-state index >= 15 is 0 Å². The molecule has 2 N–H and O–H groups in total. The highest BCUT2D eigenvalue weighted by Gasteiger charge is 2.19. The molecule has 110 valence electrons. The first-order valence-electron chi connectivity index (χ1n) is 6.65. The third-order valence-corrected chi connectivity index (χ3v) is 3.71. The van der Waals surface area contributed by atoms with Gasteiger partial charge in [0, 0.05) is 21.6 Å². The van der Waals surface area contributed by atoms with Gasteiger partial charge in [-0.15, -0.1) is 0 Å². The van der Waals surface area contributed by atoms with Gasteiger partial charge in [0.1, 0.15) is 0 Å². The Morgan fingerprint density at radius 3 is 2.62 bits per heavy atom. The number of carbonyl (C=O) groups excluding carboxylic acids is 1. The lowest BCUT2D eigenvalue weighted by Gasteiger charge is -2.24. The number of hydrogen-bond donors (Lipinski definition) is 1. The number of carbonyl (C=O) groups is 1. The first kappa shape index (κ1) is 15.9. The summed E-state index contributed by atoms with van der Waals surface area (Å²) in [4.78, 5) is 14.5. The van der Waals surface area contributed by atoms with Gasteiger partial charge in [-0.2, -0.15) is 0 Å². The molecule has 0 aliphatic heterocycles. The summed E-state index contributed by atoms with van der Waals surface area (Å²) >= 11 is 9.39. The van der Waals surface area contributed by atoms with Crippen molar-refractivity contribution in [2.75, 3.05) is 17.2 Å². The van der Waals surface area contributed by atoms with E-state index in [-0.39, 0.29) is 5.91 Å². The maximum absolute atomic E-state index is 12.8. The van der Waals surface area contributed by atoms with E-state index in [1.807, 2.05) is 25.1 Å². The molecule has 0 fully saturated rings. The molecule has 21 heavy (non-hydrogen) atoms. The van der Waals surface area contributed by atoms with Crippen LogP contribution in [0.3, 0.4) is 0 Å². The van der Waals surface area contributed by atoms with Crippen LogP contribution in [-0.2, 0) is 0 Å². The third kappa shape index (κ3) is 3.77. The van der Waals surface area contributed by atoms with Gasteiger partial charge in [-0.1, -0.05) is 46.6 Å². The molecule has 0 saturated heterocycles. The molecule has 2 rings (SSSR count). The standard InChI is InChI=1S/C16H16BrClN2O/c1-2-7-20(15-6-4-3-5-14(15)19)16(21)11-8-12(17)10-13(18)9-11/h3-6,8-10H,2,7,19H2,1H3. The molecule has 0 radical (unpaired) electrons. The summed E-state index contributed by atoms with van der Waals surface area (Å²) in [6.07, 6.45) is 0.835. The largest absolute Gasteiger partial charge is 0.397 e. The van der Waals surface area contributed by atoms with Crippen LogP contribution in [0.25, 0.3) is 0 Å². The number of benzene rings is 2. The second kappa shape index (κ2) is 6.96. The Labute approximate surface area is 137 Å².